The first kappa shape index (κ1) is 47.0. The molecule has 0 heterocycles. The molecule has 6 aliphatic carbocycles. The molecule has 6 bridgehead atoms. The van der Waals surface area contributed by atoms with Crippen LogP contribution >= 0.6 is 0 Å². The lowest BCUT2D eigenvalue weighted by molar-refractivity contribution is 0.318. The van der Waals surface area contributed by atoms with E-state index >= 15 is 0 Å². The number of rotatable bonds is 19. The zero-order valence-electron chi connectivity index (χ0n) is 39.8. The standard InChI is InChI=1S/C29H48O2Si3.C21H36O2Si3/c1-32(2,17-15-27-21-23-11-13-25(27)19-23)30-34(5,29-9-7-6-8-10-29)31-33(3,4)18-16-28-22-24-12-14-26(28)20-24;1-24(2,3)22-26(6,21-10-8-7-9-11-21)23-25(4,5)15-14-20-17-18-12-13-19(20)16-18/h6-11,13,23-28H,12,14-22H2,1-5H3;7-13,18-20H,14-17H2,1-6H3. The van der Waals surface area contributed by atoms with Crippen molar-refractivity contribution in [3.8, 4) is 0 Å². The SMILES string of the molecule is C[Si](C)(C)O[Si](C)(O[Si](C)(C)CCC1CC2C=CC1C2)c1ccccc1.C[Si](C)(CCC1CC2C=CC1C2)O[Si](C)(O[Si](C)(C)CCC1CC2CCC1C2)c1ccccc1. The molecule has 0 spiro atoms. The van der Waals surface area contributed by atoms with Crippen LogP contribution in [-0.4, -0.2) is 50.4 Å². The number of fused-ring (bicyclic) bond motifs is 6. The molecular formula is C50H84O4Si6. The summed E-state index contributed by atoms with van der Waals surface area (Å²) in [5.41, 5.74) is 0. The number of hydrogen-bond acceptors (Lipinski definition) is 4. The highest BCUT2D eigenvalue weighted by Crippen LogP contribution is 2.51. The van der Waals surface area contributed by atoms with Crippen molar-refractivity contribution >= 4 is 60.8 Å². The Morgan fingerprint density at radius 1 is 0.433 bits per heavy atom. The molecule has 10 heteroatoms. The van der Waals surface area contributed by atoms with Gasteiger partial charge in [-0.15, -0.1) is 0 Å². The molecule has 332 valence electrons. The van der Waals surface area contributed by atoms with Crippen LogP contribution in [0.4, 0.5) is 0 Å². The third kappa shape index (κ3) is 12.4. The van der Waals surface area contributed by atoms with E-state index in [2.05, 4.69) is 157 Å². The van der Waals surface area contributed by atoms with Crippen molar-refractivity contribution < 1.29 is 16.5 Å². The normalized spacial score (nSPS) is 31.4. The molecule has 2 aromatic carbocycles. The Hall–Kier alpha value is -0.939. The summed E-state index contributed by atoms with van der Waals surface area (Å²) in [6, 6.07) is 25.6. The first-order valence-electron chi connectivity index (χ1n) is 24.5. The summed E-state index contributed by atoms with van der Waals surface area (Å²) in [4.78, 5) is 0. The summed E-state index contributed by atoms with van der Waals surface area (Å²) in [5, 5.41) is 2.62. The summed E-state index contributed by atoms with van der Waals surface area (Å²) >= 11 is 0. The highest BCUT2D eigenvalue weighted by atomic mass is 28.5. The van der Waals surface area contributed by atoms with Crippen LogP contribution in [-0.2, 0) is 16.5 Å². The van der Waals surface area contributed by atoms with Crippen LogP contribution in [0.25, 0.3) is 0 Å². The van der Waals surface area contributed by atoms with Gasteiger partial charge in [-0.2, -0.15) is 0 Å². The topological polar surface area (TPSA) is 36.9 Å². The van der Waals surface area contributed by atoms with Crippen LogP contribution in [0.15, 0.2) is 85.0 Å². The Kier molecular flexibility index (Phi) is 14.8. The molecule has 11 atom stereocenters. The van der Waals surface area contributed by atoms with Crippen molar-refractivity contribution in [2.45, 2.75) is 161 Å². The third-order valence-electron chi connectivity index (χ3n) is 15.6. The maximum absolute atomic E-state index is 7.29. The fourth-order valence-electron chi connectivity index (χ4n) is 12.9. The molecule has 2 aromatic rings. The summed E-state index contributed by atoms with van der Waals surface area (Å²) in [5.74, 6) is 8.26. The average Bonchev–Trinajstić information content (AvgIpc) is 4.05. The largest absolute Gasteiger partial charge is 0.433 e. The molecule has 0 aliphatic heterocycles. The van der Waals surface area contributed by atoms with E-state index in [4.69, 9.17) is 16.5 Å². The molecule has 6 aliphatic rings. The van der Waals surface area contributed by atoms with Crippen LogP contribution in [0, 0.1) is 53.3 Å². The van der Waals surface area contributed by atoms with Crippen molar-refractivity contribution in [1.29, 1.82) is 0 Å². The monoisotopic (exact) mass is 916 g/mol. The summed E-state index contributed by atoms with van der Waals surface area (Å²) in [7, 11) is -12.0. The minimum atomic E-state index is -2.47. The highest BCUT2D eigenvalue weighted by Gasteiger charge is 2.48. The van der Waals surface area contributed by atoms with Gasteiger partial charge in [0, 0.05) is 0 Å². The molecular weight excluding hydrogens is 833 g/mol. The van der Waals surface area contributed by atoms with Gasteiger partial charge >= 0.3 is 17.1 Å². The van der Waals surface area contributed by atoms with E-state index in [1.165, 1.54) is 99.1 Å². The Balaban J connectivity index is 0.000000189. The van der Waals surface area contributed by atoms with E-state index in [9.17, 15) is 0 Å². The van der Waals surface area contributed by atoms with E-state index in [0.717, 1.165) is 53.3 Å². The molecule has 4 saturated carbocycles. The minimum absolute atomic E-state index is 0.848. The Morgan fingerprint density at radius 2 is 0.850 bits per heavy atom. The lowest BCUT2D eigenvalue weighted by Gasteiger charge is -2.41. The maximum Gasteiger partial charge on any atom is 0.348 e. The van der Waals surface area contributed by atoms with Crippen molar-refractivity contribution in [3.63, 3.8) is 0 Å². The van der Waals surface area contributed by atoms with Gasteiger partial charge in [0.1, 0.15) is 0 Å². The quantitative estimate of drug-likeness (QED) is 0.104. The number of allylic oxidation sites excluding steroid dienone is 4. The van der Waals surface area contributed by atoms with E-state index in [0.29, 0.717) is 0 Å². The number of hydrogen-bond donors (Lipinski definition) is 0. The van der Waals surface area contributed by atoms with Crippen molar-refractivity contribution in [1.82, 2.24) is 0 Å². The molecule has 8 rings (SSSR count). The zero-order valence-corrected chi connectivity index (χ0v) is 45.8. The predicted molar refractivity (Wildman–Crippen MR) is 270 cm³/mol. The van der Waals surface area contributed by atoms with Crippen LogP contribution < -0.4 is 10.4 Å². The Bertz CT molecular complexity index is 1760. The van der Waals surface area contributed by atoms with Crippen LogP contribution in [0.1, 0.15) is 70.6 Å². The Labute approximate surface area is 374 Å². The highest BCUT2D eigenvalue weighted by molar-refractivity contribution is 6.95. The third-order valence-corrected chi connectivity index (χ3v) is 38.1. The molecule has 0 N–H and O–H groups in total. The van der Waals surface area contributed by atoms with Crippen LogP contribution in [0.5, 0.6) is 0 Å². The van der Waals surface area contributed by atoms with Gasteiger partial charge in [-0.1, -0.05) is 111 Å². The summed E-state index contributed by atoms with van der Waals surface area (Å²) in [6.45, 7) is 26.1. The molecule has 11 unspecified atom stereocenters. The second-order valence-electron chi connectivity index (χ2n) is 23.6. The zero-order chi connectivity index (χ0) is 43.0. The maximum atomic E-state index is 7.29. The lowest BCUT2D eigenvalue weighted by Crippen LogP contribution is -2.61. The van der Waals surface area contributed by atoms with Gasteiger partial charge in [-0.3, -0.25) is 0 Å². The second-order valence-corrected chi connectivity index (χ2v) is 48.0. The smallest absolute Gasteiger partial charge is 0.348 e. The Morgan fingerprint density at radius 3 is 1.18 bits per heavy atom. The van der Waals surface area contributed by atoms with E-state index < -0.39 is 50.4 Å². The van der Waals surface area contributed by atoms with E-state index in [1.807, 2.05) is 0 Å². The van der Waals surface area contributed by atoms with Crippen LogP contribution in [0.3, 0.4) is 0 Å². The van der Waals surface area contributed by atoms with Gasteiger partial charge in [0.05, 0.1) is 0 Å². The molecule has 0 saturated heterocycles. The van der Waals surface area contributed by atoms with Gasteiger partial charge in [0.15, 0.2) is 33.3 Å². The van der Waals surface area contributed by atoms with Crippen LogP contribution in [0.2, 0.25) is 90.1 Å². The van der Waals surface area contributed by atoms with Gasteiger partial charge < -0.3 is 16.5 Å². The average molecular weight is 918 g/mol. The van der Waals surface area contributed by atoms with Gasteiger partial charge in [0.2, 0.25) is 0 Å². The molecule has 0 amide bonds. The fraction of sp³-hybridized carbons (Fsp3) is 0.680. The van der Waals surface area contributed by atoms with Crippen molar-refractivity contribution in [3.05, 3.63) is 85.0 Å². The number of benzene rings is 2. The van der Waals surface area contributed by atoms with E-state index in [-0.39, 0.29) is 0 Å². The first-order valence-corrected chi connectivity index (χ1v) is 41.8. The minimum Gasteiger partial charge on any atom is -0.433 e. The molecule has 4 nitrogen and oxygen atoms in total. The van der Waals surface area contributed by atoms with Gasteiger partial charge in [0.25, 0.3) is 0 Å². The van der Waals surface area contributed by atoms with Gasteiger partial charge in [-0.25, -0.2) is 0 Å². The molecule has 0 radical (unpaired) electrons. The van der Waals surface area contributed by atoms with Gasteiger partial charge in [-0.05, 0) is 199 Å². The lowest BCUT2D eigenvalue weighted by atomic mass is 9.87. The fourth-order valence-corrected chi connectivity index (χ4v) is 39.2. The van der Waals surface area contributed by atoms with Crippen molar-refractivity contribution in [2.24, 2.45) is 53.3 Å². The summed E-state index contributed by atoms with van der Waals surface area (Å²) in [6.07, 6.45) is 25.6. The molecule has 60 heavy (non-hydrogen) atoms. The second kappa shape index (κ2) is 18.9. The van der Waals surface area contributed by atoms with Crippen molar-refractivity contribution in [2.75, 3.05) is 0 Å². The predicted octanol–water partition coefficient (Wildman–Crippen LogP) is 13.5. The van der Waals surface area contributed by atoms with E-state index in [1.54, 1.807) is 0 Å². The molecule has 4 fully saturated rings. The summed E-state index contributed by atoms with van der Waals surface area (Å²) < 4.78 is 28.3. The molecule has 0 aromatic heterocycles. The first-order chi connectivity index (χ1) is 28.2.